The number of hydrogen-bond donors (Lipinski definition) is 2. The zero-order chi connectivity index (χ0) is 18.8. The summed E-state index contributed by atoms with van der Waals surface area (Å²) in [5.74, 6) is -0.872. The van der Waals surface area contributed by atoms with Gasteiger partial charge in [-0.1, -0.05) is 25.4 Å². The number of carboxylic acids is 1. The number of piperidine rings is 1. The molecule has 1 aliphatic rings. The summed E-state index contributed by atoms with van der Waals surface area (Å²) >= 11 is 6.17. The second-order valence-corrected chi connectivity index (χ2v) is 7.92. The van der Waals surface area contributed by atoms with Crippen molar-refractivity contribution < 1.29 is 19.9 Å². The van der Waals surface area contributed by atoms with E-state index in [4.69, 9.17) is 16.7 Å². The first-order valence-electron chi connectivity index (χ1n) is 8.14. The summed E-state index contributed by atoms with van der Waals surface area (Å²) in [4.78, 5) is 23.3. The van der Waals surface area contributed by atoms with Gasteiger partial charge in [-0.25, -0.2) is 0 Å². The van der Waals surface area contributed by atoms with E-state index in [9.17, 15) is 20.0 Å². The maximum absolute atomic E-state index is 11.0. The predicted octanol–water partition coefficient (Wildman–Crippen LogP) is 3.47. The summed E-state index contributed by atoms with van der Waals surface area (Å²) in [7, 11) is 0. The van der Waals surface area contributed by atoms with Gasteiger partial charge in [-0.15, -0.1) is 0 Å². The lowest BCUT2D eigenvalue weighted by molar-refractivity contribution is -0.384. The second kappa shape index (κ2) is 7.17. The minimum Gasteiger partial charge on any atom is -0.481 e. The quantitative estimate of drug-likeness (QED) is 0.587. The Labute approximate surface area is 151 Å². The van der Waals surface area contributed by atoms with Crippen molar-refractivity contribution in [3.63, 3.8) is 0 Å². The molecule has 1 aliphatic heterocycles. The number of aliphatic hydroxyl groups is 1. The average Bonchev–Trinajstić information content (AvgIpc) is 2.45. The molecule has 0 atom stereocenters. The Morgan fingerprint density at radius 2 is 2.00 bits per heavy atom. The number of nitro groups is 1. The highest BCUT2D eigenvalue weighted by Crippen LogP contribution is 2.39. The van der Waals surface area contributed by atoms with Crippen LogP contribution in [0.3, 0.4) is 0 Å². The average molecular weight is 371 g/mol. The fourth-order valence-electron chi connectivity index (χ4n) is 3.57. The molecule has 25 heavy (non-hydrogen) atoms. The topological polar surface area (TPSA) is 104 Å². The number of benzene rings is 1. The van der Waals surface area contributed by atoms with E-state index < -0.39 is 21.9 Å². The molecule has 1 aromatic rings. The summed E-state index contributed by atoms with van der Waals surface area (Å²) in [5, 5.41) is 30.9. The second-order valence-electron chi connectivity index (χ2n) is 7.52. The zero-order valence-corrected chi connectivity index (χ0v) is 15.1. The lowest BCUT2D eigenvalue weighted by Crippen LogP contribution is -2.47. The highest BCUT2D eigenvalue weighted by Gasteiger charge is 2.38. The predicted molar refractivity (Wildman–Crippen MR) is 95.2 cm³/mol. The van der Waals surface area contributed by atoms with E-state index in [1.807, 2.05) is 18.7 Å². The summed E-state index contributed by atoms with van der Waals surface area (Å²) in [6.07, 6.45) is 1.40. The number of rotatable bonds is 6. The first kappa shape index (κ1) is 19.5. The van der Waals surface area contributed by atoms with Gasteiger partial charge in [0, 0.05) is 25.2 Å². The Morgan fingerprint density at radius 1 is 1.40 bits per heavy atom. The van der Waals surface area contributed by atoms with Gasteiger partial charge < -0.3 is 15.1 Å². The molecule has 1 aromatic carbocycles. The Hall–Kier alpha value is -1.86. The number of halogens is 1. The number of nitro benzene ring substituents is 1. The maximum atomic E-state index is 11.0. The van der Waals surface area contributed by atoms with Crippen LogP contribution < -0.4 is 4.90 Å². The number of non-ortho nitro benzene ring substituents is 1. The fourth-order valence-corrected chi connectivity index (χ4v) is 3.86. The van der Waals surface area contributed by atoms with Gasteiger partial charge >= 0.3 is 5.97 Å². The van der Waals surface area contributed by atoms with Gasteiger partial charge in [0.05, 0.1) is 27.7 Å². The Bertz CT molecular complexity index is 669. The molecule has 1 saturated heterocycles. The van der Waals surface area contributed by atoms with Crippen molar-refractivity contribution in [1.29, 1.82) is 0 Å². The Morgan fingerprint density at radius 3 is 2.48 bits per heavy atom. The van der Waals surface area contributed by atoms with E-state index in [2.05, 4.69) is 0 Å². The maximum Gasteiger partial charge on any atom is 0.303 e. The van der Waals surface area contributed by atoms with Crippen LogP contribution in [0.2, 0.25) is 5.02 Å². The van der Waals surface area contributed by atoms with Crippen LogP contribution in [0.5, 0.6) is 0 Å². The summed E-state index contributed by atoms with van der Waals surface area (Å²) in [6, 6.07) is 4.37. The van der Waals surface area contributed by atoms with Crippen LogP contribution in [-0.2, 0) is 4.79 Å². The van der Waals surface area contributed by atoms with Gasteiger partial charge in [-0.2, -0.15) is 0 Å². The summed E-state index contributed by atoms with van der Waals surface area (Å²) < 4.78 is 0. The third-order valence-corrected chi connectivity index (χ3v) is 4.92. The highest BCUT2D eigenvalue weighted by atomic mass is 35.5. The number of nitrogens with zero attached hydrogens (tertiary/aromatic N) is 2. The van der Waals surface area contributed by atoms with Crippen molar-refractivity contribution in [3.8, 4) is 0 Å². The normalized spacial score (nSPS) is 17.4. The SMILES string of the molecule is CC(C)(CC(=O)O)CC1(O)CCN(c2ccc([N+](=O)[O-])cc2Cl)CC1. The van der Waals surface area contributed by atoms with E-state index in [0.717, 1.165) is 0 Å². The van der Waals surface area contributed by atoms with Crippen LogP contribution in [0.15, 0.2) is 18.2 Å². The molecule has 138 valence electrons. The van der Waals surface area contributed by atoms with Crippen molar-refractivity contribution in [2.45, 2.75) is 45.1 Å². The first-order valence-corrected chi connectivity index (χ1v) is 8.52. The van der Waals surface area contributed by atoms with Gasteiger partial charge in [-0.05, 0) is 30.7 Å². The van der Waals surface area contributed by atoms with Gasteiger partial charge in [0.25, 0.3) is 5.69 Å². The summed E-state index contributed by atoms with van der Waals surface area (Å²) in [6.45, 7) is 4.80. The van der Waals surface area contributed by atoms with Crippen LogP contribution in [0, 0.1) is 15.5 Å². The molecule has 7 nitrogen and oxygen atoms in total. The Kier molecular flexibility index (Phi) is 5.58. The van der Waals surface area contributed by atoms with Crippen LogP contribution in [0.1, 0.15) is 39.5 Å². The molecule has 0 spiro atoms. The molecule has 1 heterocycles. The molecule has 0 aliphatic carbocycles. The fraction of sp³-hybridized carbons (Fsp3) is 0.588. The molecule has 8 heteroatoms. The van der Waals surface area contributed by atoms with E-state index >= 15 is 0 Å². The van der Waals surface area contributed by atoms with Crippen molar-refractivity contribution in [1.82, 2.24) is 0 Å². The van der Waals surface area contributed by atoms with E-state index in [1.54, 1.807) is 6.07 Å². The number of carbonyl (C=O) groups is 1. The molecule has 0 radical (unpaired) electrons. The molecular formula is C17H23ClN2O5. The molecular weight excluding hydrogens is 348 g/mol. The molecule has 0 saturated carbocycles. The molecule has 2 rings (SSSR count). The molecule has 1 fully saturated rings. The highest BCUT2D eigenvalue weighted by molar-refractivity contribution is 6.33. The third-order valence-electron chi connectivity index (χ3n) is 4.61. The third kappa shape index (κ3) is 5.06. The molecule has 0 aromatic heterocycles. The lowest BCUT2D eigenvalue weighted by Gasteiger charge is -2.43. The standard InChI is InChI=1S/C17H23ClN2O5/c1-16(2,10-15(21)22)11-17(23)5-7-19(8-6-17)14-4-3-12(20(24)25)9-13(14)18/h3-4,9,23H,5-8,10-11H2,1-2H3,(H,21,22). The molecule has 0 amide bonds. The molecule has 0 unspecified atom stereocenters. The number of carboxylic acid groups (broad SMARTS) is 1. The van der Waals surface area contributed by atoms with Crippen molar-refractivity contribution >= 4 is 28.9 Å². The Balaban J connectivity index is 2.03. The summed E-state index contributed by atoms with van der Waals surface area (Å²) in [5.41, 5.74) is -0.756. The monoisotopic (exact) mass is 370 g/mol. The lowest BCUT2D eigenvalue weighted by atomic mass is 9.74. The smallest absolute Gasteiger partial charge is 0.303 e. The van der Waals surface area contributed by atoms with Crippen LogP contribution >= 0.6 is 11.6 Å². The van der Waals surface area contributed by atoms with Crippen LogP contribution in [0.4, 0.5) is 11.4 Å². The van der Waals surface area contributed by atoms with Gasteiger partial charge in [0.1, 0.15) is 0 Å². The largest absolute Gasteiger partial charge is 0.481 e. The minimum absolute atomic E-state index is 0.00715. The zero-order valence-electron chi connectivity index (χ0n) is 14.4. The molecule has 0 bridgehead atoms. The number of aliphatic carboxylic acids is 1. The van der Waals surface area contributed by atoms with Crippen molar-refractivity contribution in [2.24, 2.45) is 5.41 Å². The van der Waals surface area contributed by atoms with Crippen molar-refractivity contribution in [2.75, 3.05) is 18.0 Å². The van der Waals surface area contributed by atoms with E-state index in [1.165, 1.54) is 12.1 Å². The van der Waals surface area contributed by atoms with Gasteiger partial charge in [-0.3, -0.25) is 14.9 Å². The number of anilines is 1. The van der Waals surface area contributed by atoms with Gasteiger partial charge in [0.2, 0.25) is 0 Å². The van der Waals surface area contributed by atoms with Crippen LogP contribution in [0.25, 0.3) is 0 Å². The van der Waals surface area contributed by atoms with E-state index in [-0.39, 0.29) is 12.1 Å². The van der Waals surface area contributed by atoms with Gasteiger partial charge in [0.15, 0.2) is 0 Å². The van der Waals surface area contributed by atoms with E-state index in [0.29, 0.717) is 43.1 Å². The minimum atomic E-state index is -0.914. The van der Waals surface area contributed by atoms with Crippen molar-refractivity contribution in [3.05, 3.63) is 33.3 Å². The number of hydrogen-bond acceptors (Lipinski definition) is 5. The van der Waals surface area contributed by atoms with Crippen LogP contribution in [-0.4, -0.2) is 39.8 Å². The first-order chi connectivity index (χ1) is 11.5. The molecule has 2 N–H and O–H groups in total.